The van der Waals surface area contributed by atoms with Crippen molar-refractivity contribution in [2.24, 2.45) is 11.8 Å². The Kier molecular flexibility index (Phi) is 7.01. The van der Waals surface area contributed by atoms with Gasteiger partial charge in [-0.15, -0.1) is 0 Å². The van der Waals surface area contributed by atoms with Gasteiger partial charge in [0.15, 0.2) is 5.54 Å². The Bertz CT molecular complexity index is 1350. The number of hydrogen-bond donors (Lipinski definition) is 2. The third-order valence-electron chi connectivity index (χ3n) is 7.37. The van der Waals surface area contributed by atoms with Crippen LogP contribution in [0.25, 0.3) is 0 Å². The van der Waals surface area contributed by atoms with Gasteiger partial charge in [0.05, 0.1) is 25.0 Å². The Labute approximate surface area is 227 Å². The lowest BCUT2D eigenvalue weighted by atomic mass is 9.79. The van der Waals surface area contributed by atoms with Crippen molar-refractivity contribution in [3.63, 3.8) is 0 Å². The molecule has 0 radical (unpaired) electrons. The topological polar surface area (TPSA) is 105 Å². The lowest BCUT2D eigenvalue weighted by Crippen LogP contribution is -2.60. The number of aliphatic carboxylic acids is 1. The van der Waals surface area contributed by atoms with E-state index in [2.05, 4.69) is 5.32 Å². The van der Waals surface area contributed by atoms with E-state index in [0.717, 1.165) is 5.56 Å². The maximum Gasteiger partial charge on any atom is 0.327 e. The van der Waals surface area contributed by atoms with Crippen LogP contribution in [0.15, 0.2) is 84.9 Å². The number of fused-ring (bicyclic) bond motifs is 1. The summed E-state index contributed by atoms with van der Waals surface area (Å²) in [5, 5.41) is 13.7. The Morgan fingerprint density at radius 2 is 1.49 bits per heavy atom. The van der Waals surface area contributed by atoms with Crippen molar-refractivity contribution in [2.75, 3.05) is 6.61 Å². The van der Waals surface area contributed by atoms with Gasteiger partial charge in [-0.25, -0.2) is 0 Å². The van der Waals surface area contributed by atoms with Crippen LogP contribution in [0.2, 0.25) is 0 Å². The zero-order valence-corrected chi connectivity index (χ0v) is 22.2. The van der Waals surface area contributed by atoms with E-state index in [9.17, 15) is 19.5 Å². The molecule has 39 heavy (non-hydrogen) atoms. The first kappa shape index (κ1) is 26.6. The van der Waals surface area contributed by atoms with Crippen molar-refractivity contribution in [2.45, 2.75) is 44.5 Å². The molecule has 2 N–H and O–H groups in total. The molecule has 2 fully saturated rings. The largest absolute Gasteiger partial charge is 0.480 e. The summed E-state index contributed by atoms with van der Waals surface area (Å²) in [5.41, 5.74) is -1.02. The summed E-state index contributed by atoms with van der Waals surface area (Å²) in [4.78, 5) is 41.6. The number of carbonyl (C=O) groups is 3. The lowest BCUT2D eigenvalue weighted by molar-refractivity contribution is -0.156. The van der Waals surface area contributed by atoms with Crippen LogP contribution in [0.1, 0.15) is 37.9 Å². The van der Waals surface area contributed by atoms with Crippen molar-refractivity contribution < 1.29 is 29.0 Å². The fraction of sp³-hybridized carbons (Fsp3) is 0.323. The van der Waals surface area contributed by atoms with Crippen LogP contribution in [0.5, 0.6) is 11.5 Å². The number of nitrogens with one attached hydrogen (secondary N) is 1. The van der Waals surface area contributed by atoms with E-state index < -0.39 is 40.8 Å². The van der Waals surface area contributed by atoms with Crippen molar-refractivity contribution >= 4 is 17.8 Å². The highest BCUT2D eigenvalue weighted by Gasteiger charge is 2.69. The van der Waals surface area contributed by atoms with Crippen LogP contribution in [-0.4, -0.2) is 45.5 Å². The highest BCUT2D eigenvalue weighted by Crippen LogP contribution is 2.50. The molecule has 0 saturated carbocycles. The monoisotopic (exact) mass is 528 g/mol. The molecule has 3 aromatic rings. The molecule has 0 aromatic heterocycles. The maximum atomic E-state index is 13.8. The van der Waals surface area contributed by atoms with Crippen LogP contribution in [0.3, 0.4) is 0 Å². The number of amides is 2. The highest BCUT2D eigenvalue weighted by atomic mass is 16.5. The summed E-state index contributed by atoms with van der Waals surface area (Å²) in [6.45, 7) is 5.22. The number of imide groups is 1. The van der Waals surface area contributed by atoms with Gasteiger partial charge in [0.25, 0.3) is 0 Å². The minimum absolute atomic E-state index is 0.177. The molecular weight excluding hydrogens is 496 g/mol. The molecule has 8 heteroatoms. The molecule has 0 bridgehead atoms. The quantitative estimate of drug-likeness (QED) is 0.413. The Balaban J connectivity index is 1.47. The average molecular weight is 529 g/mol. The SMILES string of the molecule is CC(C)(C)N1C(=O)C2C(c3ccc(Oc4ccccc4)cc3)NC(COCc3ccccc3)(C(=O)O)C2C1=O. The molecule has 8 nitrogen and oxygen atoms in total. The number of likely N-dealkylation sites (tertiary alicyclic amines) is 1. The molecule has 0 spiro atoms. The van der Waals surface area contributed by atoms with E-state index in [1.54, 1.807) is 45.0 Å². The fourth-order valence-electron chi connectivity index (χ4n) is 5.61. The zero-order chi connectivity index (χ0) is 27.8. The normalized spacial score (nSPS) is 24.6. The van der Waals surface area contributed by atoms with E-state index in [0.29, 0.717) is 17.1 Å². The number of carboxylic acid groups (broad SMARTS) is 1. The van der Waals surface area contributed by atoms with Crippen molar-refractivity contribution in [3.8, 4) is 11.5 Å². The third-order valence-corrected chi connectivity index (χ3v) is 7.37. The Morgan fingerprint density at radius 3 is 2.08 bits per heavy atom. The molecular formula is C31H32N2O6. The second kappa shape index (κ2) is 10.3. The number of carboxylic acids is 1. The number of benzene rings is 3. The van der Waals surface area contributed by atoms with Gasteiger partial charge in [-0.2, -0.15) is 0 Å². The summed E-state index contributed by atoms with van der Waals surface area (Å²) >= 11 is 0. The van der Waals surface area contributed by atoms with Gasteiger partial charge >= 0.3 is 5.97 Å². The summed E-state index contributed by atoms with van der Waals surface area (Å²) < 4.78 is 11.8. The molecule has 3 aromatic carbocycles. The van der Waals surface area contributed by atoms with Crippen LogP contribution in [0, 0.1) is 11.8 Å². The van der Waals surface area contributed by atoms with Crippen molar-refractivity contribution in [1.29, 1.82) is 0 Å². The van der Waals surface area contributed by atoms with Crippen LogP contribution >= 0.6 is 0 Å². The Morgan fingerprint density at radius 1 is 0.897 bits per heavy atom. The Hall–Kier alpha value is -4.01. The predicted octanol–water partition coefficient (Wildman–Crippen LogP) is 4.56. The fourth-order valence-corrected chi connectivity index (χ4v) is 5.61. The highest BCUT2D eigenvalue weighted by molar-refractivity contribution is 6.10. The summed E-state index contributed by atoms with van der Waals surface area (Å²) in [6, 6.07) is 25.2. The molecule has 4 unspecified atom stereocenters. The van der Waals surface area contributed by atoms with Gasteiger partial charge in [0, 0.05) is 11.6 Å². The molecule has 2 saturated heterocycles. The minimum Gasteiger partial charge on any atom is -0.480 e. The third kappa shape index (κ3) is 4.93. The van der Waals surface area contributed by atoms with Gasteiger partial charge in [0.2, 0.25) is 11.8 Å². The predicted molar refractivity (Wildman–Crippen MR) is 144 cm³/mol. The van der Waals surface area contributed by atoms with Gasteiger partial charge in [0.1, 0.15) is 11.5 Å². The molecule has 5 rings (SSSR count). The molecule has 2 heterocycles. The van der Waals surface area contributed by atoms with Crippen molar-refractivity contribution in [1.82, 2.24) is 10.2 Å². The summed E-state index contributed by atoms with van der Waals surface area (Å²) in [7, 11) is 0. The molecule has 202 valence electrons. The molecule has 0 aliphatic carbocycles. The number of hydrogen-bond acceptors (Lipinski definition) is 6. The molecule has 2 aliphatic rings. The van der Waals surface area contributed by atoms with Crippen LogP contribution in [0.4, 0.5) is 0 Å². The minimum atomic E-state index is -1.78. The van der Waals surface area contributed by atoms with Gasteiger partial charge in [-0.3, -0.25) is 24.6 Å². The number of para-hydroxylation sites is 1. The molecule has 4 atom stereocenters. The average Bonchev–Trinajstić information content (AvgIpc) is 3.39. The van der Waals surface area contributed by atoms with Crippen LogP contribution in [-0.2, 0) is 25.7 Å². The van der Waals surface area contributed by atoms with Crippen molar-refractivity contribution in [3.05, 3.63) is 96.1 Å². The number of nitrogens with zero attached hydrogens (tertiary/aromatic N) is 1. The first-order valence-corrected chi connectivity index (χ1v) is 13.0. The molecule has 2 amide bonds. The van der Waals surface area contributed by atoms with E-state index in [4.69, 9.17) is 9.47 Å². The first-order valence-electron chi connectivity index (χ1n) is 13.0. The summed E-state index contributed by atoms with van der Waals surface area (Å²) in [6.07, 6.45) is 0. The standard InChI is InChI=1S/C31H32N2O6/c1-30(2,3)33-27(34)24-25(28(33)35)31(29(36)37,19-38-18-20-10-6-4-7-11-20)32-26(24)21-14-16-23(17-15-21)39-22-12-8-5-9-13-22/h4-17,24-26,32H,18-19H2,1-3H3,(H,36,37). The van der Waals surface area contributed by atoms with E-state index in [1.165, 1.54) is 4.90 Å². The smallest absolute Gasteiger partial charge is 0.327 e. The maximum absolute atomic E-state index is 13.8. The van der Waals surface area contributed by atoms with Crippen LogP contribution < -0.4 is 10.1 Å². The van der Waals surface area contributed by atoms with E-state index >= 15 is 0 Å². The lowest BCUT2D eigenvalue weighted by Gasteiger charge is -2.35. The number of ether oxygens (including phenoxy) is 2. The summed E-state index contributed by atoms with van der Waals surface area (Å²) in [5.74, 6) is -2.85. The van der Waals surface area contributed by atoms with Gasteiger partial charge in [-0.05, 0) is 56.2 Å². The zero-order valence-electron chi connectivity index (χ0n) is 22.2. The number of rotatable bonds is 8. The second-order valence-corrected chi connectivity index (χ2v) is 11.0. The van der Waals surface area contributed by atoms with E-state index in [1.807, 2.05) is 60.7 Å². The van der Waals surface area contributed by atoms with E-state index in [-0.39, 0.29) is 19.1 Å². The van der Waals surface area contributed by atoms with Gasteiger partial charge < -0.3 is 14.6 Å². The number of carbonyl (C=O) groups excluding carboxylic acids is 2. The molecule has 2 aliphatic heterocycles. The second-order valence-electron chi connectivity index (χ2n) is 11.0. The van der Waals surface area contributed by atoms with Gasteiger partial charge in [-0.1, -0.05) is 60.7 Å². The first-order chi connectivity index (χ1) is 18.6.